The van der Waals surface area contributed by atoms with Crippen LogP contribution in [0.1, 0.15) is 11.1 Å². The molecular weight excluding hydrogens is 376 g/mol. The lowest BCUT2D eigenvalue weighted by molar-refractivity contribution is -0.384. The zero-order chi connectivity index (χ0) is 20.0. The molecule has 0 atom stereocenters. The summed E-state index contributed by atoms with van der Waals surface area (Å²) < 4.78 is 10.0. The van der Waals surface area contributed by atoms with Gasteiger partial charge in [0.15, 0.2) is 13.2 Å². The Morgan fingerprint density at radius 3 is 2.52 bits per heavy atom. The number of ether oxygens (including phenoxy) is 2. The van der Waals surface area contributed by atoms with E-state index in [-0.39, 0.29) is 11.4 Å². The molecule has 0 bridgehead atoms. The van der Waals surface area contributed by atoms with Crippen LogP contribution in [-0.4, -0.2) is 30.0 Å². The van der Waals surface area contributed by atoms with Gasteiger partial charge in [-0.1, -0.05) is 17.7 Å². The van der Waals surface area contributed by atoms with Crippen LogP contribution in [0.2, 0.25) is 5.02 Å². The molecule has 0 aromatic heterocycles. The van der Waals surface area contributed by atoms with E-state index in [4.69, 9.17) is 21.1 Å². The van der Waals surface area contributed by atoms with E-state index in [1.165, 1.54) is 18.2 Å². The minimum absolute atomic E-state index is 0.0410. The molecule has 9 heteroatoms. The SMILES string of the molecule is Cc1cc(NC(=O)COC(=O)COc2cccc(Cl)c2)c([N+](=O)[O-])cc1C. The molecular formula is C18H17ClN2O6. The van der Waals surface area contributed by atoms with E-state index in [0.717, 1.165) is 11.1 Å². The first-order valence-electron chi connectivity index (χ1n) is 7.85. The van der Waals surface area contributed by atoms with Crippen molar-refractivity contribution >= 4 is 34.9 Å². The van der Waals surface area contributed by atoms with Crippen molar-refractivity contribution in [1.29, 1.82) is 0 Å². The maximum atomic E-state index is 11.9. The molecule has 8 nitrogen and oxygen atoms in total. The number of nitro benzene ring substituents is 1. The van der Waals surface area contributed by atoms with E-state index in [1.807, 2.05) is 0 Å². The molecule has 2 aromatic rings. The summed E-state index contributed by atoms with van der Waals surface area (Å²) in [5.74, 6) is -1.08. The predicted molar refractivity (Wildman–Crippen MR) is 99.1 cm³/mol. The Balaban J connectivity index is 1.88. The summed E-state index contributed by atoms with van der Waals surface area (Å²) >= 11 is 5.80. The lowest BCUT2D eigenvalue weighted by Gasteiger charge is -2.10. The van der Waals surface area contributed by atoms with Crippen LogP contribution in [0.3, 0.4) is 0 Å². The van der Waals surface area contributed by atoms with Gasteiger partial charge in [0.05, 0.1) is 4.92 Å². The van der Waals surface area contributed by atoms with Gasteiger partial charge in [-0.3, -0.25) is 14.9 Å². The summed E-state index contributed by atoms with van der Waals surface area (Å²) in [5, 5.41) is 14.0. The van der Waals surface area contributed by atoms with Crippen molar-refractivity contribution in [3.8, 4) is 5.75 Å². The van der Waals surface area contributed by atoms with Gasteiger partial charge < -0.3 is 14.8 Å². The number of nitrogens with one attached hydrogen (secondary N) is 1. The fraction of sp³-hybridized carbons (Fsp3) is 0.222. The number of nitrogens with zero attached hydrogens (tertiary/aromatic N) is 1. The van der Waals surface area contributed by atoms with E-state index in [2.05, 4.69) is 5.32 Å². The van der Waals surface area contributed by atoms with Gasteiger partial charge in [-0.15, -0.1) is 0 Å². The van der Waals surface area contributed by atoms with Gasteiger partial charge in [-0.05, 0) is 49.2 Å². The number of esters is 1. The third-order valence-electron chi connectivity index (χ3n) is 3.60. The van der Waals surface area contributed by atoms with Crippen molar-refractivity contribution in [3.63, 3.8) is 0 Å². The van der Waals surface area contributed by atoms with Crippen molar-refractivity contribution in [3.05, 3.63) is 62.7 Å². The monoisotopic (exact) mass is 392 g/mol. The molecule has 0 aliphatic rings. The molecule has 0 unspecified atom stereocenters. The van der Waals surface area contributed by atoms with Gasteiger partial charge >= 0.3 is 5.97 Å². The standard InChI is InChI=1S/C18H17ClN2O6/c1-11-6-15(16(21(24)25)7-12(11)2)20-17(22)9-27-18(23)10-26-14-5-3-4-13(19)8-14/h3-8H,9-10H2,1-2H3,(H,20,22). The summed E-state index contributed by atoms with van der Waals surface area (Å²) in [4.78, 5) is 34.1. The predicted octanol–water partition coefficient (Wildman–Crippen LogP) is 3.43. The minimum atomic E-state index is -0.764. The molecule has 0 spiro atoms. The van der Waals surface area contributed by atoms with Crippen molar-refractivity contribution in [2.45, 2.75) is 13.8 Å². The summed E-state index contributed by atoms with van der Waals surface area (Å²) in [6, 6.07) is 9.33. The third kappa shape index (κ3) is 5.96. The van der Waals surface area contributed by atoms with Gasteiger partial charge in [0.1, 0.15) is 11.4 Å². The Labute approximate surface area is 160 Å². The van der Waals surface area contributed by atoms with Crippen molar-refractivity contribution in [2.24, 2.45) is 0 Å². The van der Waals surface area contributed by atoms with Gasteiger partial charge in [-0.2, -0.15) is 0 Å². The lowest BCUT2D eigenvalue weighted by Crippen LogP contribution is -2.24. The number of carbonyl (C=O) groups excluding carboxylic acids is 2. The molecule has 142 valence electrons. The first-order chi connectivity index (χ1) is 12.8. The minimum Gasteiger partial charge on any atom is -0.482 e. The number of aryl methyl sites for hydroxylation is 2. The number of halogens is 1. The summed E-state index contributed by atoms with van der Waals surface area (Å²) in [6.45, 7) is 2.50. The zero-order valence-corrected chi connectivity index (χ0v) is 15.4. The zero-order valence-electron chi connectivity index (χ0n) is 14.7. The fourth-order valence-electron chi connectivity index (χ4n) is 2.13. The summed E-state index contributed by atoms with van der Waals surface area (Å²) in [7, 11) is 0. The Morgan fingerprint density at radius 1 is 1.15 bits per heavy atom. The van der Waals surface area contributed by atoms with Crippen LogP contribution in [0, 0.1) is 24.0 Å². The molecule has 0 aliphatic heterocycles. The number of hydrogen-bond donors (Lipinski definition) is 1. The maximum Gasteiger partial charge on any atom is 0.344 e. The number of nitro groups is 1. The Hall–Kier alpha value is -3.13. The topological polar surface area (TPSA) is 108 Å². The Bertz CT molecular complexity index is 884. The fourth-order valence-corrected chi connectivity index (χ4v) is 2.31. The van der Waals surface area contributed by atoms with Crippen LogP contribution in [-0.2, 0) is 14.3 Å². The van der Waals surface area contributed by atoms with Crippen LogP contribution in [0.15, 0.2) is 36.4 Å². The second-order valence-electron chi connectivity index (χ2n) is 5.67. The van der Waals surface area contributed by atoms with Crippen LogP contribution in [0.5, 0.6) is 5.75 Å². The van der Waals surface area contributed by atoms with Gasteiger partial charge in [0.25, 0.3) is 11.6 Å². The van der Waals surface area contributed by atoms with E-state index in [0.29, 0.717) is 10.8 Å². The third-order valence-corrected chi connectivity index (χ3v) is 3.83. The summed E-state index contributed by atoms with van der Waals surface area (Å²) in [6.07, 6.45) is 0. The normalized spacial score (nSPS) is 10.2. The molecule has 2 aromatic carbocycles. The largest absolute Gasteiger partial charge is 0.482 e. The molecule has 1 amide bonds. The number of carbonyl (C=O) groups is 2. The number of amides is 1. The second-order valence-corrected chi connectivity index (χ2v) is 6.10. The Kier molecular flexibility index (Phi) is 6.73. The first kappa shape index (κ1) is 20.2. The highest BCUT2D eigenvalue weighted by molar-refractivity contribution is 6.30. The maximum absolute atomic E-state index is 11.9. The Morgan fingerprint density at radius 2 is 1.85 bits per heavy atom. The number of anilines is 1. The molecule has 0 aliphatic carbocycles. The molecule has 1 N–H and O–H groups in total. The average Bonchev–Trinajstić information content (AvgIpc) is 2.61. The van der Waals surface area contributed by atoms with Gasteiger partial charge in [0, 0.05) is 11.1 Å². The van der Waals surface area contributed by atoms with E-state index in [9.17, 15) is 19.7 Å². The number of rotatable bonds is 7. The molecule has 0 radical (unpaired) electrons. The lowest BCUT2D eigenvalue weighted by atomic mass is 10.1. The average molecular weight is 393 g/mol. The molecule has 2 rings (SSSR count). The first-order valence-corrected chi connectivity index (χ1v) is 8.23. The summed E-state index contributed by atoms with van der Waals surface area (Å²) in [5.41, 5.74) is 1.31. The highest BCUT2D eigenvalue weighted by Gasteiger charge is 2.18. The van der Waals surface area contributed by atoms with E-state index >= 15 is 0 Å². The molecule has 27 heavy (non-hydrogen) atoms. The molecule has 0 saturated heterocycles. The highest BCUT2D eigenvalue weighted by atomic mass is 35.5. The number of benzene rings is 2. The van der Waals surface area contributed by atoms with Crippen molar-refractivity contribution in [1.82, 2.24) is 0 Å². The van der Waals surface area contributed by atoms with Gasteiger partial charge in [0.2, 0.25) is 0 Å². The van der Waals surface area contributed by atoms with Gasteiger partial charge in [-0.25, -0.2) is 4.79 Å². The van der Waals surface area contributed by atoms with Crippen LogP contribution in [0.25, 0.3) is 0 Å². The molecule has 0 heterocycles. The van der Waals surface area contributed by atoms with Crippen LogP contribution < -0.4 is 10.1 Å². The second kappa shape index (κ2) is 9.00. The van der Waals surface area contributed by atoms with Crippen molar-refractivity contribution < 1.29 is 24.0 Å². The van der Waals surface area contributed by atoms with E-state index < -0.39 is 30.0 Å². The molecule has 0 saturated carbocycles. The van der Waals surface area contributed by atoms with E-state index in [1.54, 1.807) is 32.0 Å². The van der Waals surface area contributed by atoms with Crippen LogP contribution in [0.4, 0.5) is 11.4 Å². The smallest absolute Gasteiger partial charge is 0.344 e. The molecule has 0 fully saturated rings. The number of hydrogen-bond acceptors (Lipinski definition) is 6. The van der Waals surface area contributed by atoms with Crippen LogP contribution >= 0.6 is 11.6 Å². The highest BCUT2D eigenvalue weighted by Crippen LogP contribution is 2.27. The van der Waals surface area contributed by atoms with Crippen molar-refractivity contribution in [2.75, 3.05) is 18.5 Å². The quantitative estimate of drug-likeness (QED) is 0.439.